The maximum absolute atomic E-state index is 14.3. The van der Waals surface area contributed by atoms with Gasteiger partial charge in [-0.15, -0.1) is 0 Å². The molecule has 0 radical (unpaired) electrons. The molecule has 1 atom stereocenters. The molecule has 1 aliphatic rings. The molecule has 1 saturated heterocycles. The predicted molar refractivity (Wildman–Crippen MR) is 101 cm³/mol. The van der Waals surface area contributed by atoms with Crippen molar-refractivity contribution in [3.8, 4) is 0 Å². The predicted octanol–water partition coefficient (Wildman–Crippen LogP) is 3.77. The van der Waals surface area contributed by atoms with E-state index in [1.807, 2.05) is 0 Å². The number of ether oxygens (including phenoxy) is 3. The highest BCUT2D eigenvalue weighted by Gasteiger charge is 2.18. The summed E-state index contributed by atoms with van der Waals surface area (Å²) in [5.74, 6) is -1.45. The Kier molecular flexibility index (Phi) is 6.45. The lowest BCUT2D eigenvalue weighted by Crippen LogP contribution is -2.22. The van der Waals surface area contributed by atoms with Gasteiger partial charge in [-0.25, -0.2) is 14.2 Å². The first kappa shape index (κ1) is 20.1. The van der Waals surface area contributed by atoms with Crippen molar-refractivity contribution in [1.29, 1.82) is 0 Å². The van der Waals surface area contributed by atoms with Crippen molar-refractivity contribution in [3.05, 3.63) is 53.3 Å². The summed E-state index contributed by atoms with van der Waals surface area (Å²) in [7, 11) is 1.21. The third-order valence-corrected chi connectivity index (χ3v) is 4.49. The van der Waals surface area contributed by atoms with E-state index in [9.17, 15) is 14.4 Å². The van der Waals surface area contributed by atoms with Gasteiger partial charge in [0.05, 0.1) is 30.7 Å². The lowest BCUT2D eigenvalue weighted by atomic mass is 10.1. The average molecular weight is 390 g/mol. The Hall–Kier alpha value is -2.68. The molecule has 3 rings (SSSR count). The van der Waals surface area contributed by atoms with Gasteiger partial charge in [0, 0.05) is 6.61 Å². The molecule has 0 saturated carbocycles. The fourth-order valence-corrected chi connectivity index (χ4v) is 2.97. The van der Waals surface area contributed by atoms with Crippen molar-refractivity contribution in [2.75, 3.05) is 24.5 Å². The minimum Gasteiger partial charge on any atom is -0.465 e. The van der Waals surface area contributed by atoms with E-state index in [4.69, 9.17) is 15.2 Å². The summed E-state index contributed by atoms with van der Waals surface area (Å²) in [6.07, 6.45) is 2.77. The van der Waals surface area contributed by atoms with Crippen molar-refractivity contribution in [1.82, 2.24) is 0 Å². The molecule has 1 heterocycles. The highest BCUT2D eigenvalue weighted by atomic mass is 19.1. The molecule has 7 nitrogen and oxygen atoms in total. The van der Waals surface area contributed by atoms with Gasteiger partial charge in [-0.2, -0.15) is 0 Å². The Morgan fingerprint density at radius 3 is 2.71 bits per heavy atom. The van der Waals surface area contributed by atoms with E-state index in [0.717, 1.165) is 30.9 Å². The SMILES string of the molecule is COC(=O)c1ccc(N(O)c2ccc(COC3CCCCO3)cc2N)c(F)c1. The molecule has 3 N–H and O–H groups in total. The molecular weight excluding hydrogens is 367 g/mol. The largest absolute Gasteiger partial charge is 0.465 e. The minimum absolute atomic E-state index is 0.0440. The number of benzene rings is 2. The van der Waals surface area contributed by atoms with Crippen LogP contribution in [0.25, 0.3) is 0 Å². The number of rotatable bonds is 6. The van der Waals surface area contributed by atoms with Crippen LogP contribution in [0, 0.1) is 5.82 Å². The molecule has 28 heavy (non-hydrogen) atoms. The topological polar surface area (TPSA) is 94.2 Å². The van der Waals surface area contributed by atoms with Gasteiger partial charge in [-0.05, 0) is 55.2 Å². The Bertz CT molecular complexity index is 839. The second-order valence-corrected chi connectivity index (χ2v) is 6.47. The van der Waals surface area contributed by atoms with E-state index < -0.39 is 11.8 Å². The van der Waals surface area contributed by atoms with Crippen LogP contribution < -0.4 is 10.8 Å². The molecule has 1 aliphatic heterocycles. The van der Waals surface area contributed by atoms with E-state index >= 15 is 0 Å². The molecule has 2 aromatic rings. The van der Waals surface area contributed by atoms with Gasteiger partial charge in [0.2, 0.25) is 0 Å². The van der Waals surface area contributed by atoms with E-state index in [1.165, 1.54) is 19.2 Å². The van der Waals surface area contributed by atoms with Crippen molar-refractivity contribution in [3.63, 3.8) is 0 Å². The summed E-state index contributed by atoms with van der Waals surface area (Å²) >= 11 is 0. The fourth-order valence-electron chi connectivity index (χ4n) is 2.97. The van der Waals surface area contributed by atoms with Gasteiger partial charge in [-0.1, -0.05) is 6.07 Å². The first-order valence-corrected chi connectivity index (χ1v) is 8.98. The summed E-state index contributed by atoms with van der Waals surface area (Å²) in [6, 6.07) is 8.59. The normalized spacial score (nSPS) is 16.6. The van der Waals surface area contributed by atoms with Crippen LogP contribution in [0.5, 0.6) is 0 Å². The number of anilines is 3. The maximum atomic E-state index is 14.3. The second-order valence-electron chi connectivity index (χ2n) is 6.47. The molecule has 2 aromatic carbocycles. The molecule has 8 heteroatoms. The van der Waals surface area contributed by atoms with E-state index in [1.54, 1.807) is 18.2 Å². The Balaban J connectivity index is 1.71. The summed E-state index contributed by atoms with van der Waals surface area (Å²) in [6.45, 7) is 1.02. The van der Waals surface area contributed by atoms with Gasteiger partial charge in [0.1, 0.15) is 11.5 Å². The van der Waals surface area contributed by atoms with Crippen LogP contribution in [0.2, 0.25) is 0 Å². The number of halogens is 1. The number of hydrogen-bond donors (Lipinski definition) is 2. The molecule has 1 unspecified atom stereocenters. The highest BCUT2D eigenvalue weighted by molar-refractivity contribution is 5.90. The van der Waals surface area contributed by atoms with E-state index in [2.05, 4.69) is 4.74 Å². The van der Waals surface area contributed by atoms with Crippen LogP contribution >= 0.6 is 0 Å². The molecular formula is C20H23FN2O5. The number of nitrogen functional groups attached to an aromatic ring is 1. The Morgan fingerprint density at radius 1 is 1.29 bits per heavy atom. The molecule has 0 aromatic heterocycles. The van der Waals surface area contributed by atoms with Crippen molar-refractivity contribution in [2.24, 2.45) is 0 Å². The fraction of sp³-hybridized carbons (Fsp3) is 0.350. The van der Waals surface area contributed by atoms with Crippen molar-refractivity contribution < 1.29 is 28.6 Å². The van der Waals surface area contributed by atoms with E-state index in [-0.39, 0.29) is 28.9 Å². The quantitative estimate of drug-likeness (QED) is 0.440. The van der Waals surface area contributed by atoms with Crippen LogP contribution in [0.1, 0.15) is 35.2 Å². The van der Waals surface area contributed by atoms with Gasteiger partial charge >= 0.3 is 5.97 Å². The van der Waals surface area contributed by atoms with Gasteiger partial charge in [0.25, 0.3) is 0 Å². The number of carbonyl (C=O) groups is 1. The zero-order valence-corrected chi connectivity index (χ0v) is 15.6. The number of hydrogen-bond acceptors (Lipinski definition) is 7. The Morgan fingerprint density at radius 2 is 2.07 bits per heavy atom. The molecule has 0 aliphatic carbocycles. The number of nitrogens with two attached hydrogens (primary N) is 1. The van der Waals surface area contributed by atoms with Crippen LogP contribution in [-0.4, -0.2) is 31.2 Å². The van der Waals surface area contributed by atoms with Crippen molar-refractivity contribution >= 4 is 23.0 Å². The summed E-state index contributed by atoms with van der Waals surface area (Å²) in [5.41, 5.74) is 7.21. The smallest absolute Gasteiger partial charge is 0.337 e. The zero-order valence-electron chi connectivity index (χ0n) is 15.6. The number of nitrogens with zero attached hydrogens (tertiary/aromatic N) is 1. The van der Waals surface area contributed by atoms with E-state index in [0.29, 0.717) is 18.3 Å². The summed E-state index contributed by atoms with van der Waals surface area (Å²) in [4.78, 5) is 11.5. The van der Waals surface area contributed by atoms with Crippen LogP contribution in [-0.2, 0) is 20.8 Å². The van der Waals surface area contributed by atoms with Crippen LogP contribution in [0.4, 0.5) is 21.5 Å². The van der Waals surface area contributed by atoms with Gasteiger partial charge in [-0.3, -0.25) is 5.21 Å². The third kappa shape index (κ3) is 4.59. The number of esters is 1. The summed E-state index contributed by atoms with van der Waals surface area (Å²) < 4.78 is 30.1. The molecule has 0 spiro atoms. The third-order valence-electron chi connectivity index (χ3n) is 4.49. The number of carbonyl (C=O) groups excluding carboxylic acids is 1. The van der Waals surface area contributed by atoms with Crippen molar-refractivity contribution in [2.45, 2.75) is 32.2 Å². The highest BCUT2D eigenvalue weighted by Crippen LogP contribution is 2.32. The maximum Gasteiger partial charge on any atom is 0.337 e. The standard InChI is InChI=1S/C20H23FN2O5/c1-26-20(24)14-6-8-17(15(21)11-14)23(25)18-7-5-13(10-16(18)22)12-28-19-4-2-3-9-27-19/h5-8,10-11,19,25H,2-4,9,12,22H2,1H3. The monoisotopic (exact) mass is 390 g/mol. The van der Waals surface area contributed by atoms with Crippen LogP contribution in [0.3, 0.4) is 0 Å². The first-order chi connectivity index (χ1) is 13.5. The molecule has 0 bridgehead atoms. The zero-order chi connectivity index (χ0) is 20.1. The average Bonchev–Trinajstić information content (AvgIpc) is 2.72. The second kappa shape index (κ2) is 9.01. The first-order valence-electron chi connectivity index (χ1n) is 8.98. The lowest BCUT2D eigenvalue weighted by Gasteiger charge is -2.23. The lowest BCUT2D eigenvalue weighted by molar-refractivity contribution is -0.168. The molecule has 150 valence electrons. The molecule has 0 amide bonds. The van der Waals surface area contributed by atoms with Gasteiger partial charge in [0.15, 0.2) is 6.29 Å². The molecule has 1 fully saturated rings. The summed E-state index contributed by atoms with van der Waals surface area (Å²) in [5, 5.41) is 11.1. The number of methoxy groups -OCH3 is 1. The van der Waals surface area contributed by atoms with Gasteiger partial charge < -0.3 is 19.9 Å². The minimum atomic E-state index is -0.786. The Labute approximate surface area is 162 Å². The van der Waals surface area contributed by atoms with Crippen LogP contribution in [0.15, 0.2) is 36.4 Å².